The number of likely N-dealkylation sites (tertiary alicyclic amines) is 1. The lowest BCUT2D eigenvalue weighted by Gasteiger charge is -2.26. The molecule has 0 spiro atoms. The second-order valence-electron chi connectivity index (χ2n) is 5.51. The summed E-state index contributed by atoms with van der Waals surface area (Å²) in [4.78, 5) is 10.3. The van der Waals surface area contributed by atoms with Crippen LogP contribution < -0.4 is 0 Å². The first-order valence-corrected chi connectivity index (χ1v) is 8.53. The Kier molecular flexibility index (Phi) is 8.45. The first-order chi connectivity index (χ1) is 8.68. The lowest BCUT2D eigenvalue weighted by molar-refractivity contribution is -0.895. The standard InChI is InChI=1S/C7H16N.C6H12O4S/c1-3-8(2)6-4-5-7-8;1-6(7)4-2-3-5-11(8,9)10/h3-7H2,1-2H3;2-5H2,1H3,(H,8,9,10)/q+1;/p-1. The molecule has 0 amide bonds. The highest BCUT2D eigenvalue weighted by Crippen LogP contribution is 2.14. The molecule has 0 aromatic rings. The number of rotatable bonds is 6. The molecule has 1 heterocycles. The minimum absolute atomic E-state index is 0.0216. The summed E-state index contributed by atoms with van der Waals surface area (Å²) < 4.78 is 31.4. The summed E-state index contributed by atoms with van der Waals surface area (Å²) in [5.74, 6) is -0.339. The fraction of sp³-hybridized carbons (Fsp3) is 0.923. The van der Waals surface area contributed by atoms with Crippen LogP contribution in [0.3, 0.4) is 0 Å². The highest BCUT2D eigenvalue weighted by atomic mass is 32.2. The second-order valence-corrected chi connectivity index (χ2v) is 7.03. The summed E-state index contributed by atoms with van der Waals surface area (Å²) in [6, 6.07) is 0. The minimum atomic E-state index is -4.08. The smallest absolute Gasteiger partial charge is 0.129 e. The molecule has 5 nitrogen and oxygen atoms in total. The van der Waals surface area contributed by atoms with Crippen molar-refractivity contribution in [1.82, 2.24) is 0 Å². The molecule has 0 aromatic carbocycles. The van der Waals surface area contributed by atoms with E-state index in [0.717, 1.165) is 0 Å². The van der Waals surface area contributed by atoms with Gasteiger partial charge in [0.2, 0.25) is 0 Å². The van der Waals surface area contributed by atoms with Crippen LogP contribution in [-0.2, 0) is 14.9 Å². The molecular weight excluding hydrogens is 266 g/mol. The number of Topliss-reactive ketones (excluding diaryl/α,β-unsaturated/α-hetero) is 1. The van der Waals surface area contributed by atoms with Gasteiger partial charge in [-0.2, -0.15) is 0 Å². The number of hydrogen-bond acceptors (Lipinski definition) is 4. The van der Waals surface area contributed by atoms with Crippen LogP contribution >= 0.6 is 0 Å². The first kappa shape index (κ1) is 18.5. The summed E-state index contributed by atoms with van der Waals surface area (Å²) >= 11 is 0. The fourth-order valence-electron chi connectivity index (χ4n) is 2.07. The van der Waals surface area contributed by atoms with Gasteiger partial charge in [0.25, 0.3) is 0 Å². The molecule has 114 valence electrons. The maximum absolute atomic E-state index is 10.3. The lowest BCUT2D eigenvalue weighted by Crippen LogP contribution is -2.40. The monoisotopic (exact) mass is 293 g/mol. The van der Waals surface area contributed by atoms with Gasteiger partial charge in [-0.15, -0.1) is 0 Å². The van der Waals surface area contributed by atoms with Gasteiger partial charge in [0.1, 0.15) is 5.78 Å². The maximum atomic E-state index is 10.3. The van der Waals surface area contributed by atoms with Gasteiger partial charge in [-0.1, -0.05) is 0 Å². The molecule has 1 saturated heterocycles. The van der Waals surface area contributed by atoms with Crippen LogP contribution in [0.25, 0.3) is 0 Å². The van der Waals surface area contributed by atoms with Gasteiger partial charge < -0.3 is 13.8 Å². The van der Waals surface area contributed by atoms with Gasteiger partial charge in [-0.3, -0.25) is 0 Å². The topological polar surface area (TPSA) is 74.3 Å². The van der Waals surface area contributed by atoms with Gasteiger partial charge >= 0.3 is 0 Å². The van der Waals surface area contributed by atoms with E-state index in [2.05, 4.69) is 14.0 Å². The van der Waals surface area contributed by atoms with Crippen LogP contribution in [0.4, 0.5) is 0 Å². The Labute approximate surface area is 117 Å². The van der Waals surface area contributed by atoms with Crippen LogP contribution in [0, 0.1) is 0 Å². The Bertz CT molecular complexity index is 359. The molecule has 0 radical (unpaired) electrons. The van der Waals surface area contributed by atoms with E-state index >= 15 is 0 Å². The van der Waals surface area contributed by atoms with Crippen LogP contribution in [-0.4, -0.2) is 55.7 Å². The number of unbranched alkanes of at least 4 members (excludes halogenated alkanes) is 1. The molecule has 0 saturated carbocycles. The molecule has 0 aromatic heterocycles. The zero-order chi connectivity index (χ0) is 14.9. The Balaban J connectivity index is 0.000000356. The van der Waals surface area contributed by atoms with Crippen LogP contribution in [0.1, 0.15) is 46.0 Å². The van der Waals surface area contributed by atoms with Crippen molar-refractivity contribution >= 4 is 15.9 Å². The molecule has 0 unspecified atom stereocenters. The van der Waals surface area contributed by atoms with Crippen molar-refractivity contribution in [3.63, 3.8) is 0 Å². The fourth-order valence-corrected chi connectivity index (χ4v) is 2.63. The van der Waals surface area contributed by atoms with Gasteiger partial charge in [0, 0.05) is 25.0 Å². The molecule has 1 aliphatic rings. The summed E-state index contributed by atoms with van der Waals surface area (Å²) in [5.41, 5.74) is 0. The van der Waals surface area contributed by atoms with Crippen LogP contribution in [0.15, 0.2) is 0 Å². The zero-order valence-corrected chi connectivity index (χ0v) is 13.2. The van der Waals surface area contributed by atoms with Gasteiger partial charge in [-0.25, -0.2) is 8.42 Å². The largest absolute Gasteiger partial charge is 0.748 e. The number of quaternary nitrogens is 1. The Hall–Kier alpha value is -0.460. The Morgan fingerprint density at radius 1 is 1.21 bits per heavy atom. The molecular formula is C13H27NO4S. The predicted molar refractivity (Wildman–Crippen MR) is 74.8 cm³/mol. The van der Waals surface area contributed by atoms with Crippen molar-refractivity contribution in [1.29, 1.82) is 0 Å². The van der Waals surface area contributed by atoms with Gasteiger partial charge in [-0.05, 0) is 26.7 Å². The molecule has 1 aliphatic heterocycles. The van der Waals surface area contributed by atoms with Crippen molar-refractivity contribution < 1.29 is 22.2 Å². The predicted octanol–water partition coefficient (Wildman–Crippen LogP) is 1.54. The summed E-state index contributed by atoms with van der Waals surface area (Å²) in [6.45, 7) is 7.87. The van der Waals surface area contributed by atoms with Crippen molar-refractivity contribution in [3.05, 3.63) is 0 Å². The zero-order valence-electron chi connectivity index (χ0n) is 12.4. The van der Waals surface area contributed by atoms with Crippen molar-refractivity contribution in [2.45, 2.75) is 46.0 Å². The SMILES string of the molecule is CC(=O)CCCCS(=O)(=O)[O-].CC[N+]1(C)CCCC1. The van der Waals surface area contributed by atoms with Crippen LogP contribution in [0.2, 0.25) is 0 Å². The van der Waals surface area contributed by atoms with E-state index < -0.39 is 10.1 Å². The van der Waals surface area contributed by atoms with Crippen molar-refractivity contribution in [2.24, 2.45) is 0 Å². The van der Waals surface area contributed by atoms with E-state index in [4.69, 9.17) is 0 Å². The molecule has 1 fully saturated rings. The Morgan fingerprint density at radius 3 is 2.05 bits per heavy atom. The number of carbonyl (C=O) groups excluding carboxylic acids is 1. The number of hydrogen-bond donors (Lipinski definition) is 0. The molecule has 6 heteroatoms. The summed E-state index contributed by atoms with van der Waals surface area (Å²) in [5, 5.41) is 0. The van der Waals surface area contributed by atoms with E-state index in [1.807, 2.05) is 0 Å². The normalized spacial score (nSPS) is 17.7. The third-order valence-corrected chi connectivity index (χ3v) is 4.37. The molecule has 0 bridgehead atoms. The van der Waals surface area contributed by atoms with Crippen molar-refractivity contribution in [3.8, 4) is 0 Å². The highest BCUT2D eigenvalue weighted by Gasteiger charge is 2.23. The molecule has 0 atom stereocenters. The average Bonchev–Trinajstić information content (AvgIpc) is 2.72. The third-order valence-electron chi connectivity index (χ3n) is 3.58. The summed E-state index contributed by atoms with van der Waals surface area (Å²) in [7, 11) is -1.73. The van der Waals surface area contributed by atoms with Gasteiger partial charge in [0.15, 0.2) is 0 Å². The summed E-state index contributed by atoms with van der Waals surface area (Å²) in [6.07, 6.45) is 4.02. The molecule has 0 N–H and O–H groups in total. The van der Waals surface area contributed by atoms with E-state index in [1.54, 1.807) is 0 Å². The quantitative estimate of drug-likeness (QED) is 0.423. The molecule has 0 aliphatic carbocycles. The maximum Gasteiger partial charge on any atom is 0.129 e. The first-order valence-electron chi connectivity index (χ1n) is 6.95. The third kappa shape index (κ3) is 11.1. The number of nitrogens with zero attached hydrogens (tertiary/aromatic N) is 1. The van der Waals surface area contributed by atoms with E-state index in [-0.39, 0.29) is 18.0 Å². The highest BCUT2D eigenvalue weighted by molar-refractivity contribution is 7.85. The lowest BCUT2D eigenvalue weighted by atomic mass is 10.2. The van der Waals surface area contributed by atoms with Crippen molar-refractivity contribution in [2.75, 3.05) is 32.4 Å². The van der Waals surface area contributed by atoms with E-state index in [0.29, 0.717) is 12.8 Å². The molecule has 19 heavy (non-hydrogen) atoms. The van der Waals surface area contributed by atoms with Gasteiger partial charge in [0.05, 0.1) is 36.8 Å². The number of ketones is 1. The average molecular weight is 293 g/mol. The van der Waals surface area contributed by atoms with Crippen LogP contribution in [0.5, 0.6) is 0 Å². The van der Waals surface area contributed by atoms with E-state index in [1.165, 1.54) is 43.9 Å². The van der Waals surface area contributed by atoms with E-state index in [9.17, 15) is 17.8 Å². The minimum Gasteiger partial charge on any atom is -0.748 e. The molecule has 1 rings (SSSR count). The Morgan fingerprint density at radius 2 is 1.74 bits per heavy atom. The number of carbonyl (C=O) groups is 1. The second kappa shape index (κ2) is 8.66.